The lowest BCUT2D eigenvalue weighted by Gasteiger charge is -2.31. The highest BCUT2D eigenvalue weighted by molar-refractivity contribution is 4.83. The van der Waals surface area contributed by atoms with E-state index in [9.17, 15) is 0 Å². The average molecular weight is 140 g/mol. The summed E-state index contributed by atoms with van der Waals surface area (Å²) in [6.45, 7) is 8.45. The number of nitrogens with zero attached hydrogens (tertiary/aromatic N) is 2. The van der Waals surface area contributed by atoms with E-state index in [2.05, 4.69) is 33.9 Å². The molecule has 0 rings (SSSR count). The van der Waals surface area contributed by atoms with Gasteiger partial charge in [0.2, 0.25) is 0 Å². The molecule has 0 heterocycles. The second-order valence-electron chi connectivity index (χ2n) is 3.75. The molecule has 0 saturated heterocycles. The van der Waals surface area contributed by atoms with Gasteiger partial charge in [0.25, 0.3) is 0 Å². The van der Waals surface area contributed by atoms with Gasteiger partial charge in [-0.05, 0) is 12.3 Å². The summed E-state index contributed by atoms with van der Waals surface area (Å²) in [6.07, 6.45) is 2.10. The van der Waals surface area contributed by atoms with E-state index < -0.39 is 0 Å². The fourth-order valence-corrected chi connectivity index (χ4v) is 0.668. The van der Waals surface area contributed by atoms with Gasteiger partial charge in [-0.2, -0.15) is 5.26 Å². The van der Waals surface area contributed by atoms with Crippen LogP contribution in [0.4, 0.5) is 0 Å². The van der Waals surface area contributed by atoms with Crippen molar-refractivity contribution in [3.63, 3.8) is 0 Å². The van der Waals surface area contributed by atoms with Crippen LogP contribution in [0.1, 0.15) is 27.7 Å². The normalized spacial score (nSPS) is 14.0. The van der Waals surface area contributed by atoms with Crippen molar-refractivity contribution in [2.45, 2.75) is 33.7 Å². The van der Waals surface area contributed by atoms with Crippen LogP contribution >= 0.6 is 0 Å². The van der Waals surface area contributed by atoms with Crippen molar-refractivity contribution in [3.05, 3.63) is 0 Å². The van der Waals surface area contributed by atoms with Gasteiger partial charge in [-0.1, -0.05) is 20.8 Å². The van der Waals surface area contributed by atoms with Crippen molar-refractivity contribution in [1.29, 1.82) is 5.26 Å². The molecule has 0 aromatic carbocycles. The molecule has 2 nitrogen and oxygen atoms in total. The first-order valence-corrected chi connectivity index (χ1v) is 3.52. The minimum atomic E-state index is 0.185. The summed E-state index contributed by atoms with van der Waals surface area (Å²) in [4.78, 5) is 1.68. The Morgan fingerprint density at radius 1 is 1.40 bits per heavy atom. The summed E-state index contributed by atoms with van der Waals surface area (Å²) in [6, 6.07) is 0.303. The van der Waals surface area contributed by atoms with Crippen LogP contribution in [-0.2, 0) is 0 Å². The van der Waals surface area contributed by atoms with Gasteiger partial charge >= 0.3 is 0 Å². The molecule has 1 atom stereocenters. The molecule has 10 heavy (non-hydrogen) atoms. The highest BCUT2D eigenvalue weighted by Gasteiger charge is 2.22. The molecule has 0 N–H and O–H groups in total. The standard InChI is InChI=1S/C8H16N2/c1-7(8(2,3)4)10(5)6-9/h7H,1-5H3/t7-/m1/s1. The molecule has 0 amide bonds. The smallest absolute Gasteiger partial charge is 0.179 e. The van der Waals surface area contributed by atoms with Crippen LogP contribution in [0.25, 0.3) is 0 Å². The third kappa shape index (κ3) is 2.26. The van der Waals surface area contributed by atoms with E-state index in [1.165, 1.54) is 0 Å². The monoisotopic (exact) mass is 140 g/mol. The predicted octanol–water partition coefficient (Wildman–Crippen LogP) is 1.83. The summed E-state index contributed by atoms with van der Waals surface area (Å²) in [5.74, 6) is 0. The molecule has 0 spiro atoms. The molecular weight excluding hydrogens is 124 g/mol. The molecule has 2 heteroatoms. The van der Waals surface area contributed by atoms with Crippen LogP contribution in [0.3, 0.4) is 0 Å². The van der Waals surface area contributed by atoms with E-state index in [4.69, 9.17) is 5.26 Å². The van der Waals surface area contributed by atoms with Crippen LogP contribution < -0.4 is 0 Å². The van der Waals surface area contributed by atoms with E-state index in [0.717, 1.165) is 0 Å². The Kier molecular flexibility index (Phi) is 2.71. The Hall–Kier alpha value is -0.710. The zero-order valence-corrected chi connectivity index (χ0v) is 7.47. The molecule has 0 bridgehead atoms. The Bertz CT molecular complexity index is 138. The van der Waals surface area contributed by atoms with E-state index in [-0.39, 0.29) is 5.41 Å². The van der Waals surface area contributed by atoms with E-state index in [0.29, 0.717) is 6.04 Å². The van der Waals surface area contributed by atoms with Crippen molar-refractivity contribution in [2.75, 3.05) is 7.05 Å². The summed E-state index contributed by atoms with van der Waals surface area (Å²) in [5, 5.41) is 8.54. The average Bonchev–Trinajstić information content (AvgIpc) is 1.83. The number of rotatable bonds is 1. The molecule has 0 radical (unpaired) electrons. The highest BCUT2D eigenvalue weighted by Crippen LogP contribution is 2.21. The van der Waals surface area contributed by atoms with Crippen LogP contribution in [0.15, 0.2) is 0 Å². The summed E-state index contributed by atoms with van der Waals surface area (Å²) < 4.78 is 0. The Labute approximate surface area is 63.4 Å². The second kappa shape index (κ2) is 2.92. The molecule has 0 aliphatic heterocycles. The summed E-state index contributed by atoms with van der Waals surface area (Å²) in [7, 11) is 1.82. The van der Waals surface area contributed by atoms with Crippen LogP contribution in [0.5, 0.6) is 0 Å². The fraction of sp³-hybridized carbons (Fsp3) is 0.875. The quantitative estimate of drug-likeness (QED) is 0.410. The Morgan fingerprint density at radius 3 is 1.90 bits per heavy atom. The van der Waals surface area contributed by atoms with Gasteiger partial charge in [-0.25, -0.2) is 0 Å². The van der Waals surface area contributed by atoms with Crippen molar-refractivity contribution in [2.24, 2.45) is 5.41 Å². The molecule has 0 saturated carbocycles. The zero-order chi connectivity index (χ0) is 8.36. The molecule has 0 aliphatic carbocycles. The fourth-order valence-electron chi connectivity index (χ4n) is 0.668. The van der Waals surface area contributed by atoms with E-state index in [1.807, 2.05) is 7.05 Å². The minimum Gasteiger partial charge on any atom is -0.310 e. The third-order valence-electron chi connectivity index (χ3n) is 1.99. The van der Waals surface area contributed by atoms with Crippen LogP contribution in [0, 0.1) is 16.9 Å². The van der Waals surface area contributed by atoms with E-state index >= 15 is 0 Å². The van der Waals surface area contributed by atoms with Crippen LogP contribution in [-0.4, -0.2) is 18.0 Å². The lowest BCUT2D eigenvalue weighted by molar-refractivity contribution is 0.196. The maximum absolute atomic E-state index is 8.54. The number of hydrogen-bond donors (Lipinski definition) is 0. The van der Waals surface area contributed by atoms with Gasteiger partial charge in [0.1, 0.15) is 0 Å². The van der Waals surface area contributed by atoms with Gasteiger partial charge in [0, 0.05) is 13.1 Å². The second-order valence-corrected chi connectivity index (χ2v) is 3.75. The minimum absolute atomic E-state index is 0.185. The maximum Gasteiger partial charge on any atom is 0.179 e. The summed E-state index contributed by atoms with van der Waals surface area (Å²) in [5.41, 5.74) is 0.185. The van der Waals surface area contributed by atoms with Gasteiger partial charge < -0.3 is 4.90 Å². The van der Waals surface area contributed by atoms with Gasteiger partial charge in [-0.15, -0.1) is 0 Å². The first-order valence-electron chi connectivity index (χ1n) is 3.52. The Balaban J connectivity index is 4.11. The topological polar surface area (TPSA) is 27.0 Å². The zero-order valence-electron chi connectivity index (χ0n) is 7.47. The lowest BCUT2D eigenvalue weighted by atomic mass is 9.87. The predicted molar refractivity (Wildman–Crippen MR) is 42.3 cm³/mol. The maximum atomic E-state index is 8.54. The SMILES string of the molecule is C[C@@H](N(C)C#N)C(C)(C)C. The van der Waals surface area contributed by atoms with Gasteiger partial charge in [-0.3, -0.25) is 0 Å². The van der Waals surface area contributed by atoms with Gasteiger partial charge in [0.05, 0.1) is 0 Å². The van der Waals surface area contributed by atoms with Crippen molar-refractivity contribution >= 4 is 0 Å². The number of nitriles is 1. The van der Waals surface area contributed by atoms with E-state index in [1.54, 1.807) is 4.90 Å². The molecule has 0 aromatic heterocycles. The summed E-state index contributed by atoms with van der Waals surface area (Å²) >= 11 is 0. The molecular formula is C8H16N2. The Morgan fingerprint density at radius 2 is 1.80 bits per heavy atom. The van der Waals surface area contributed by atoms with Crippen molar-refractivity contribution in [1.82, 2.24) is 4.90 Å². The molecule has 0 fully saturated rings. The molecule has 0 unspecified atom stereocenters. The van der Waals surface area contributed by atoms with Crippen LogP contribution in [0.2, 0.25) is 0 Å². The highest BCUT2D eigenvalue weighted by atomic mass is 15.1. The van der Waals surface area contributed by atoms with Gasteiger partial charge in [0.15, 0.2) is 6.19 Å². The molecule has 0 aromatic rings. The largest absolute Gasteiger partial charge is 0.310 e. The lowest BCUT2D eigenvalue weighted by Crippen LogP contribution is -2.36. The third-order valence-corrected chi connectivity index (χ3v) is 1.99. The first-order chi connectivity index (χ1) is 4.39. The van der Waals surface area contributed by atoms with Crippen molar-refractivity contribution in [3.8, 4) is 6.19 Å². The molecule has 58 valence electrons. The number of hydrogen-bond acceptors (Lipinski definition) is 2. The first kappa shape index (κ1) is 9.29. The van der Waals surface area contributed by atoms with Crippen molar-refractivity contribution < 1.29 is 0 Å². The molecule has 0 aliphatic rings.